The third-order valence-electron chi connectivity index (χ3n) is 3.63. The fourth-order valence-corrected chi connectivity index (χ4v) is 2.50. The van der Waals surface area contributed by atoms with E-state index < -0.39 is 0 Å². The number of hydrogen-bond donors (Lipinski definition) is 1. The van der Waals surface area contributed by atoms with Crippen molar-refractivity contribution < 1.29 is 5.11 Å². The molecule has 0 aliphatic heterocycles. The number of aliphatic hydroxyl groups is 1. The number of hydrogen-bond acceptors (Lipinski definition) is 3. The first kappa shape index (κ1) is 12.8. The summed E-state index contributed by atoms with van der Waals surface area (Å²) in [6, 6.07) is 6.12. The van der Waals surface area contributed by atoms with Gasteiger partial charge in [-0.3, -0.25) is 9.97 Å². The van der Waals surface area contributed by atoms with Gasteiger partial charge in [0, 0.05) is 12.4 Å². The van der Waals surface area contributed by atoms with Crippen LogP contribution in [0.15, 0.2) is 36.8 Å². The molecule has 0 fully saturated rings. The molecule has 1 N–H and O–H groups in total. The zero-order valence-electron chi connectivity index (χ0n) is 11.7. The smallest absolute Gasteiger partial charge is 0.0784 e. The summed E-state index contributed by atoms with van der Waals surface area (Å²) in [5.41, 5.74) is 5.09. The van der Waals surface area contributed by atoms with Crippen LogP contribution < -0.4 is 0 Å². The Balaban J connectivity index is 2.05. The van der Waals surface area contributed by atoms with Gasteiger partial charge in [0.2, 0.25) is 0 Å². The minimum absolute atomic E-state index is 0.0668. The van der Waals surface area contributed by atoms with Crippen molar-refractivity contribution in [3.63, 3.8) is 0 Å². The predicted molar refractivity (Wildman–Crippen MR) is 78.5 cm³/mol. The van der Waals surface area contributed by atoms with Gasteiger partial charge in [-0.1, -0.05) is 12.1 Å². The van der Waals surface area contributed by atoms with Crippen molar-refractivity contribution in [2.24, 2.45) is 0 Å². The van der Waals surface area contributed by atoms with Crippen LogP contribution in [0, 0.1) is 13.8 Å². The Bertz CT molecular complexity index is 744. The molecule has 0 spiro atoms. The Morgan fingerprint density at radius 3 is 2.65 bits per heavy atom. The topological polar surface area (TPSA) is 50.9 Å². The van der Waals surface area contributed by atoms with Gasteiger partial charge in [0.1, 0.15) is 0 Å². The second-order valence-electron chi connectivity index (χ2n) is 5.04. The van der Waals surface area contributed by atoms with Crippen LogP contribution in [0.4, 0.5) is 0 Å². The summed E-state index contributed by atoms with van der Waals surface area (Å²) in [6.45, 7) is 4.73. The molecule has 0 aliphatic rings. The normalized spacial score (nSPS) is 11.2. The molecule has 3 aromatic rings. The largest absolute Gasteiger partial charge is 0.392 e. The van der Waals surface area contributed by atoms with E-state index in [9.17, 15) is 5.11 Å². The average molecular weight is 267 g/mol. The summed E-state index contributed by atoms with van der Waals surface area (Å²) in [5.74, 6) is 0. The highest BCUT2D eigenvalue weighted by atomic mass is 16.3. The molecule has 4 nitrogen and oxygen atoms in total. The third kappa shape index (κ3) is 2.18. The molecule has 0 radical (unpaired) electrons. The summed E-state index contributed by atoms with van der Waals surface area (Å²) < 4.78 is 2.16. The van der Waals surface area contributed by atoms with Gasteiger partial charge in [-0.2, -0.15) is 0 Å². The zero-order chi connectivity index (χ0) is 14.1. The minimum atomic E-state index is 0.0668. The first-order valence-corrected chi connectivity index (χ1v) is 6.65. The van der Waals surface area contributed by atoms with E-state index in [4.69, 9.17) is 0 Å². The van der Waals surface area contributed by atoms with Gasteiger partial charge in [-0.25, -0.2) is 0 Å². The Hall–Kier alpha value is -2.20. The molecule has 0 saturated carbocycles. The first-order chi connectivity index (χ1) is 9.69. The van der Waals surface area contributed by atoms with Crippen LogP contribution >= 0.6 is 0 Å². The highest BCUT2D eigenvalue weighted by Crippen LogP contribution is 2.23. The van der Waals surface area contributed by atoms with E-state index in [1.165, 1.54) is 5.39 Å². The molecule has 0 bridgehead atoms. The molecule has 4 heteroatoms. The molecule has 102 valence electrons. The van der Waals surface area contributed by atoms with E-state index in [0.29, 0.717) is 6.54 Å². The maximum Gasteiger partial charge on any atom is 0.0784 e. The van der Waals surface area contributed by atoms with E-state index in [2.05, 4.69) is 26.8 Å². The molecule has 0 amide bonds. The summed E-state index contributed by atoms with van der Waals surface area (Å²) in [4.78, 5) is 8.68. The number of aryl methyl sites for hydroxylation is 2. The van der Waals surface area contributed by atoms with Crippen molar-refractivity contribution in [2.75, 3.05) is 0 Å². The van der Waals surface area contributed by atoms with Gasteiger partial charge in [0.15, 0.2) is 0 Å². The molecule has 0 saturated heterocycles. The fourth-order valence-electron chi connectivity index (χ4n) is 2.50. The van der Waals surface area contributed by atoms with Crippen molar-refractivity contribution >= 4 is 10.9 Å². The van der Waals surface area contributed by atoms with Gasteiger partial charge in [0.05, 0.1) is 36.3 Å². The number of aliphatic hydroxyl groups excluding tert-OH is 1. The lowest BCUT2D eigenvalue weighted by atomic mass is 10.1. The molecular formula is C16H17N3O. The fraction of sp³-hybridized carbons (Fsp3) is 0.250. The molecule has 1 aromatic carbocycles. The van der Waals surface area contributed by atoms with Crippen LogP contribution in [0.25, 0.3) is 10.9 Å². The molecule has 0 atom stereocenters. The van der Waals surface area contributed by atoms with E-state index in [1.54, 1.807) is 6.20 Å². The van der Waals surface area contributed by atoms with Gasteiger partial charge in [-0.15, -0.1) is 0 Å². The summed E-state index contributed by atoms with van der Waals surface area (Å²) in [7, 11) is 0. The Kier molecular flexibility index (Phi) is 3.24. The molecule has 3 rings (SSSR count). The molecular weight excluding hydrogens is 250 g/mol. The maximum atomic E-state index is 9.39. The molecule has 0 aliphatic carbocycles. The summed E-state index contributed by atoms with van der Waals surface area (Å²) >= 11 is 0. The average Bonchev–Trinajstić information content (AvgIpc) is 2.86. The van der Waals surface area contributed by atoms with Crippen LogP contribution in [0.5, 0.6) is 0 Å². The van der Waals surface area contributed by atoms with Crippen LogP contribution in [-0.2, 0) is 13.2 Å². The Labute approximate surface area is 117 Å². The summed E-state index contributed by atoms with van der Waals surface area (Å²) in [6.07, 6.45) is 5.65. The van der Waals surface area contributed by atoms with E-state index in [-0.39, 0.29) is 6.61 Å². The van der Waals surface area contributed by atoms with Crippen LogP contribution in [0.3, 0.4) is 0 Å². The van der Waals surface area contributed by atoms with E-state index in [1.807, 2.05) is 32.2 Å². The van der Waals surface area contributed by atoms with Gasteiger partial charge >= 0.3 is 0 Å². The SMILES string of the molecule is Cc1cnc(Cn2ccc3ccc(CO)c(C)c32)cn1. The van der Waals surface area contributed by atoms with E-state index >= 15 is 0 Å². The molecule has 2 aromatic heterocycles. The van der Waals surface area contributed by atoms with Gasteiger partial charge < -0.3 is 9.67 Å². The standard InChI is InChI=1S/C16H17N3O/c1-11-7-18-15(8-17-11)9-19-6-5-13-3-4-14(10-20)12(2)16(13)19/h3-8,20H,9-10H2,1-2H3. The van der Waals surface area contributed by atoms with Crippen LogP contribution in [0.1, 0.15) is 22.5 Å². The highest BCUT2D eigenvalue weighted by molar-refractivity contribution is 5.84. The minimum Gasteiger partial charge on any atom is -0.392 e. The van der Waals surface area contributed by atoms with Crippen molar-refractivity contribution in [2.45, 2.75) is 27.0 Å². The quantitative estimate of drug-likeness (QED) is 0.793. The number of rotatable bonds is 3. The zero-order valence-corrected chi connectivity index (χ0v) is 11.7. The van der Waals surface area contributed by atoms with Crippen molar-refractivity contribution in [1.29, 1.82) is 0 Å². The Morgan fingerprint density at radius 2 is 1.95 bits per heavy atom. The molecule has 0 unspecified atom stereocenters. The lowest BCUT2D eigenvalue weighted by Gasteiger charge is -2.10. The number of benzene rings is 1. The third-order valence-corrected chi connectivity index (χ3v) is 3.63. The van der Waals surface area contributed by atoms with Crippen molar-refractivity contribution in [3.05, 3.63) is 59.3 Å². The van der Waals surface area contributed by atoms with Gasteiger partial charge in [-0.05, 0) is 36.4 Å². The molecule has 2 heterocycles. The van der Waals surface area contributed by atoms with Crippen LogP contribution in [-0.4, -0.2) is 19.6 Å². The molecule has 20 heavy (non-hydrogen) atoms. The van der Waals surface area contributed by atoms with Crippen LogP contribution in [0.2, 0.25) is 0 Å². The monoisotopic (exact) mass is 267 g/mol. The van der Waals surface area contributed by atoms with Gasteiger partial charge in [0.25, 0.3) is 0 Å². The Morgan fingerprint density at radius 1 is 1.10 bits per heavy atom. The van der Waals surface area contributed by atoms with Crippen molar-refractivity contribution in [3.8, 4) is 0 Å². The number of aromatic nitrogens is 3. The lowest BCUT2D eigenvalue weighted by molar-refractivity contribution is 0.281. The number of nitrogens with zero attached hydrogens (tertiary/aromatic N) is 3. The maximum absolute atomic E-state index is 9.39. The van der Waals surface area contributed by atoms with E-state index in [0.717, 1.165) is 28.0 Å². The second kappa shape index (κ2) is 5.06. The second-order valence-corrected chi connectivity index (χ2v) is 5.04. The summed E-state index contributed by atoms with van der Waals surface area (Å²) in [5, 5.41) is 10.6. The first-order valence-electron chi connectivity index (χ1n) is 6.65. The highest BCUT2D eigenvalue weighted by Gasteiger charge is 2.08. The lowest BCUT2D eigenvalue weighted by Crippen LogP contribution is -2.03. The van der Waals surface area contributed by atoms with Crippen molar-refractivity contribution in [1.82, 2.24) is 14.5 Å². The predicted octanol–water partition coefficient (Wildman–Crippen LogP) is 2.59. The number of fused-ring (bicyclic) bond motifs is 1.